The maximum absolute atomic E-state index is 8.17. The topological polar surface area (TPSA) is 36.7 Å². The first kappa shape index (κ1) is 13.2. The van der Waals surface area contributed by atoms with Gasteiger partial charge in [0, 0.05) is 0 Å². The van der Waals surface area contributed by atoms with Gasteiger partial charge in [0.15, 0.2) is 0 Å². The molecule has 1 heterocycles. The molecule has 0 aliphatic heterocycles. The summed E-state index contributed by atoms with van der Waals surface area (Å²) in [6.07, 6.45) is 7.58. The van der Waals surface area contributed by atoms with E-state index in [-0.39, 0.29) is 12.4 Å². The van der Waals surface area contributed by atoms with Crippen LogP contribution in [-0.2, 0) is 10.3 Å². The Morgan fingerprint density at radius 2 is 2.27 bits per heavy atom. The van der Waals surface area contributed by atoms with Crippen molar-refractivity contribution in [2.75, 3.05) is 0 Å². The molecular formula is C6H10AlClN2O+. The van der Waals surface area contributed by atoms with Gasteiger partial charge in [-0.15, -0.1) is 12.4 Å². The summed E-state index contributed by atoms with van der Waals surface area (Å²) in [5.74, 6) is 0. The Kier molecular flexibility index (Phi) is 11.5. The molecule has 0 aromatic carbocycles. The number of allylic oxidation sites excluding steroid dienone is 1. The molecule has 0 saturated heterocycles. The maximum atomic E-state index is 8.17. The molecule has 3 nitrogen and oxygen atoms in total. The molecule has 0 atom stereocenters. The molecule has 0 saturated carbocycles. The fraction of sp³-hybridized carbons (Fsp3) is 0.167. The third kappa shape index (κ3) is 5.99. The molecule has 1 aromatic heterocycles. The summed E-state index contributed by atoms with van der Waals surface area (Å²) in [5, 5.41) is 0. The molecule has 0 bridgehead atoms. The van der Waals surface area contributed by atoms with Crippen molar-refractivity contribution in [3.8, 4) is 0 Å². The monoisotopic (exact) mass is 188 g/mol. The number of halogens is 1. The van der Waals surface area contributed by atoms with E-state index in [2.05, 4.69) is 11.6 Å². The molecule has 5 heteroatoms. The predicted molar refractivity (Wildman–Crippen MR) is 44.9 cm³/mol. The van der Waals surface area contributed by atoms with Crippen LogP contribution in [0.5, 0.6) is 0 Å². The molecule has 0 fully saturated rings. The van der Waals surface area contributed by atoms with Gasteiger partial charge in [-0.3, -0.25) is 4.98 Å². The second-order valence-corrected chi connectivity index (χ2v) is 1.60. The molecule has 0 aliphatic rings. The molecular weight excluding hydrogens is 179 g/mol. The van der Waals surface area contributed by atoms with Crippen molar-refractivity contribution in [1.29, 1.82) is 0 Å². The summed E-state index contributed by atoms with van der Waals surface area (Å²) in [6, 6.07) is 0. The van der Waals surface area contributed by atoms with E-state index in [1.54, 1.807) is 0 Å². The van der Waals surface area contributed by atoms with E-state index >= 15 is 0 Å². The van der Waals surface area contributed by atoms with Gasteiger partial charge in [0.25, 0.3) is 0 Å². The Bertz CT molecular complexity index is 179. The average Bonchev–Trinajstić information content (AvgIpc) is 2.46. The third-order valence-corrected chi connectivity index (χ3v) is 0.943. The van der Waals surface area contributed by atoms with Gasteiger partial charge in [-0.2, -0.15) is 0 Å². The van der Waals surface area contributed by atoms with Crippen molar-refractivity contribution >= 4 is 28.6 Å². The van der Waals surface area contributed by atoms with Crippen LogP contribution in [-0.4, -0.2) is 21.2 Å². The summed E-state index contributed by atoms with van der Waals surface area (Å²) in [6.45, 7) is 4.48. The van der Waals surface area contributed by atoms with Gasteiger partial charge in [-0.25, -0.2) is 4.57 Å². The molecule has 0 amide bonds. The summed E-state index contributed by atoms with van der Waals surface area (Å²) < 4.78 is 10.2. The fourth-order valence-corrected chi connectivity index (χ4v) is 0.583. The standard InChI is InChI=1S/C6H8N2.Al.ClH.O/c1-2-4-8-5-3-7-6-8;;;/h2-3,5-6H,1,4H2;;1H;/p+1. The second kappa shape index (κ2) is 9.57. The zero-order valence-electron chi connectivity index (χ0n) is 6.06. The number of imidazole rings is 1. The van der Waals surface area contributed by atoms with Crippen molar-refractivity contribution in [2.45, 2.75) is 6.54 Å². The van der Waals surface area contributed by atoms with E-state index in [0.717, 1.165) is 6.54 Å². The summed E-state index contributed by atoms with van der Waals surface area (Å²) in [7, 11) is 0. The summed E-state index contributed by atoms with van der Waals surface area (Å²) >= 11 is 1.17. The third-order valence-electron chi connectivity index (χ3n) is 0.943. The quantitative estimate of drug-likeness (QED) is 0.408. The molecule has 0 spiro atoms. The van der Waals surface area contributed by atoms with E-state index in [4.69, 9.17) is 3.80 Å². The minimum absolute atomic E-state index is 0. The first-order valence-corrected chi connectivity index (χ1v) is 3.27. The molecule has 1 aromatic rings. The summed E-state index contributed by atoms with van der Waals surface area (Å²) in [4.78, 5) is 2.93. The number of nitrogens with one attached hydrogen (secondary N) is 1. The number of rotatable bonds is 2. The number of aromatic amines is 1. The van der Waals surface area contributed by atoms with Crippen LogP contribution in [0.1, 0.15) is 0 Å². The van der Waals surface area contributed by atoms with Crippen LogP contribution in [0.3, 0.4) is 0 Å². The van der Waals surface area contributed by atoms with E-state index in [0.29, 0.717) is 0 Å². The van der Waals surface area contributed by atoms with Gasteiger partial charge in [-0.1, -0.05) is 12.7 Å². The van der Waals surface area contributed by atoms with Crippen LogP contribution >= 0.6 is 12.4 Å². The van der Waals surface area contributed by atoms with Crippen LogP contribution in [0.15, 0.2) is 31.4 Å². The van der Waals surface area contributed by atoms with Crippen LogP contribution in [0, 0.1) is 0 Å². The molecule has 1 N–H and O–H groups in total. The van der Waals surface area contributed by atoms with Crippen molar-refractivity contribution in [3.63, 3.8) is 0 Å². The van der Waals surface area contributed by atoms with Gasteiger partial charge in [0.05, 0.1) is 0 Å². The van der Waals surface area contributed by atoms with Crippen LogP contribution in [0.25, 0.3) is 0 Å². The number of hydrogen-bond acceptors (Lipinski definition) is 1. The molecule has 1 rings (SSSR count). The minimum atomic E-state index is 0. The second-order valence-electron chi connectivity index (χ2n) is 1.60. The van der Waals surface area contributed by atoms with Gasteiger partial charge in [0.2, 0.25) is 6.33 Å². The van der Waals surface area contributed by atoms with Crippen LogP contribution in [0.2, 0.25) is 0 Å². The van der Waals surface area contributed by atoms with Gasteiger partial charge >= 0.3 is 20.0 Å². The van der Waals surface area contributed by atoms with Gasteiger partial charge < -0.3 is 0 Å². The Morgan fingerprint density at radius 3 is 2.64 bits per heavy atom. The molecule has 0 unspecified atom stereocenters. The van der Waals surface area contributed by atoms with Crippen LogP contribution < -0.4 is 4.57 Å². The normalized spacial score (nSPS) is 6.82. The number of nitrogens with zero attached hydrogens (tertiary/aromatic N) is 1. The van der Waals surface area contributed by atoms with Crippen LogP contribution in [0.4, 0.5) is 0 Å². The average molecular weight is 189 g/mol. The van der Waals surface area contributed by atoms with E-state index in [1.807, 2.05) is 29.4 Å². The fourth-order valence-electron chi connectivity index (χ4n) is 0.583. The Morgan fingerprint density at radius 1 is 1.64 bits per heavy atom. The first-order valence-electron chi connectivity index (χ1n) is 2.80. The number of H-pyrrole nitrogens is 1. The molecule has 11 heavy (non-hydrogen) atoms. The van der Waals surface area contributed by atoms with Gasteiger partial charge in [0.1, 0.15) is 18.9 Å². The zero-order valence-corrected chi connectivity index (χ0v) is 8.04. The number of hydrogen-bond donors (Lipinski definition) is 1. The summed E-state index contributed by atoms with van der Waals surface area (Å²) in [5.41, 5.74) is 0. The van der Waals surface area contributed by atoms with Crippen molar-refractivity contribution < 1.29 is 8.37 Å². The van der Waals surface area contributed by atoms with E-state index in [9.17, 15) is 0 Å². The SMILES string of the molecule is C=CC[n+]1cc[nH]c1.Cl.[O]=[Al]. The predicted octanol–water partition coefficient (Wildman–Crippen LogP) is 0.410. The van der Waals surface area contributed by atoms with Crippen molar-refractivity contribution in [1.82, 2.24) is 4.98 Å². The van der Waals surface area contributed by atoms with E-state index in [1.165, 1.54) is 16.2 Å². The molecule has 0 aliphatic carbocycles. The number of aromatic nitrogens is 2. The Labute approximate surface area is 80.2 Å². The van der Waals surface area contributed by atoms with Crippen molar-refractivity contribution in [2.24, 2.45) is 0 Å². The zero-order chi connectivity index (χ0) is 7.82. The first-order chi connectivity index (χ1) is 4.93. The Hall–Kier alpha value is -0.428. The van der Waals surface area contributed by atoms with E-state index < -0.39 is 0 Å². The van der Waals surface area contributed by atoms with Gasteiger partial charge in [-0.05, 0) is 0 Å². The molecule has 1 radical (unpaired) electrons. The Balaban J connectivity index is 0. The van der Waals surface area contributed by atoms with Crippen molar-refractivity contribution in [3.05, 3.63) is 31.4 Å². The molecule has 59 valence electrons.